The average Bonchev–Trinajstić information content (AvgIpc) is 2.74. The first-order valence-corrected chi connectivity index (χ1v) is 10.4. The van der Waals surface area contributed by atoms with Crippen LogP contribution in [0.15, 0.2) is 52.9 Å². The Kier molecular flexibility index (Phi) is 7.70. The van der Waals surface area contributed by atoms with Gasteiger partial charge in [-0.3, -0.25) is 4.90 Å². The maximum atomic E-state index is 11.2. The van der Waals surface area contributed by atoms with Gasteiger partial charge >= 0.3 is 0 Å². The normalized spacial score (nSPS) is 17.2. The molecule has 0 aromatic heterocycles. The Hall–Kier alpha value is -2.33. The minimum atomic E-state index is -1.69. The largest absolute Gasteiger partial charge is 0.508 e. The summed E-state index contributed by atoms with van der Waals surface area (Å²) in [5.41, 5.74) is 1.63. The zero-order chi connectivity index (χ0) is 20.6. The van der Waals surface area contributed by atoms with Gasteiger partial charge in [-0.25, -0.2) is 0 Å². The van der Waals surface area contributed by atoms with Crippen molar-refractivity contribution in [3.63, 3.8) is 0 Å². The van der Waals surface area contributed by atoms with Crippen LogP contribution in [0, 0.1) is 0 Å². The summed E-state index contributed by atoms with van der Waals surface area (Å²) in [6.45, 7) is 4.18. The molecule has 2 aromatic rings. The van der Waals surface area contributed by atoms with Crippen molar-refractivity contribution in [3.05, 3.63) is 48.5 Å². The highest BCUT2D eigenvalue weighted by molar-refractivity contribution is 7.69. The minimum Gasteiger partial charge on any atom is -0.508 e. The molecule has 0 radical (unpaired) electrons. The molecule has 9 heteroatoms. The highest BCUT2D eigenvalue weighted by atomic mass is 32.2. The third kappa shape index (κ3) is 6.60. The molecule has 1 fully saturated rings. The number of hydrogen-bond acceptors (Lipinski definition) is 9. The molecule has 0 bridgehead atoms. The van der Waals surface area contributed by atoms with Crippen LogP contribution in [0.4, 0.5) is 11.4 Å². The van der Waals surface area contributed by atoms with E-state index in [2.05, 4.69) is 18.3 Å². The van der Waals surface area contributed by atoms with Crippen molar-refractivity contribution in [2.75, 3.05) is 51.3 Å². The molecule has 1 aliphatic heterocycles. The lowest BCUT2D eigenvalue weighted by molar-refractivity contribution is 0.0663. The molecule has 1 unspecified atom stereocenters. The Balaban J connectivity index is 1.40. The first kappa shape index (κ1) is 21.4. The molecule has 2 N–H and O–H groups in total. The van der Waals surface area contributed by atoms with Crippen LogP contribution in [0.3, 0.4) is 0 Å². The van der Waals surface area contributed by atoms with E-state index in [1.165, 1.54) is 7.11 Å². The van der Waals surface area contributed by atoms with Gasteiger partial charge in [-0.05, 0) is 48.5 Å². The first-order chi connectivity index (χ1) is 14.0. The molecule has 1 aliphatic rings. The van der Waals surface area contributed by atoms with Crippen molar-refractivity contribution in [2.24, 2.45) is 4.36 Å². The summed E-state index contributed by atoms with van der Waals surface area (Å²) in [5, 5.41) is 19.7. The lowest BCUT2D eigenvalue weighted by Gasteiger charge is -2.36. The van der Waals surface area contributed by atoms with E-state index in [-0.39, 0.29) is 12.4 Å². The van der Waals surface area contributed by atoms with E-state index in [0.717, 1.165) is 31.9 Å². The Labute approximate surface area is 172 Å². The van der Waals surface area contributed by atoms with Crippen molar-refractivity contribution in [1.29, 1.82) is 0 Å². The van der Waals surface area contributed by atoms with Crippen molar-refractivity contribution in [2.45, 2.75) is 6.10 Å². The lowest BCUT2D eigenvalue weighted by atomic mass is 10.2. The Morgan fingerprint density at radius 2 is 1.72 bits per heavy atom. The van der Waals surface area contributed by atoms with Gasteiger partial charge in [0.15, 0.2) is 0 Å². The maximum absolute atomic E-state index is 11.2. The molecule has 158 valence electrons. The van der Waals surface area contributed by atoms with Gasteiger partial charge in [0.1, 0.15) is 24.2 Å². The van der Waals surface area contributed by atoms with Crippen molar-refractivity contribution in [1.82, 2.24) is 4.90 Å². The smallest absolute Gasteiger partial charge is 0.119 e. The zero-order valence-electron chi connectivity index (χ0n) is 16.3. The summed E-state index contributed by atoms with van der Waals surface area (Å²) in [7, 11) is -0.367. The predicted molar refractivity (Wildman–Crippen MR) is 112 cm³/mol. The molecule has 1 saturated heterocycles. The van der Waals surface area contributed by atoms with E-state index in [0.29, 0.717) is 18.0 Å². The number of benzene rings is 2. The van der Waals surface area contributed by atoms with Crippen molar-refractivity contribution >= 4 is 22.3 Å². The Bertz CT molecular complexity index is 845. The molecule has 0 aliphatic carbocycles. The quantitative estimate of drug-likeness (QED) is 0.633. The van der Waals surface area contributed by atoms with Gasteiger partial charge in [-0.15, -0.1) is 0 Å². The summed E-state index contributed by atoms with van der Waals surface area (Å²) < 4.78 is 25.3. The topological polar surface area (TPSA) is 94.8 Å². The van der Waals surface area contributed by atoms with Gasteiger partial charge in [0.05, 0.1) is 0 Å². The zero-order valence-corrected chi connectivity index (χ0v) is 17.1. The molecule has 0 amide bonds. The Morgan fingerprint density at radius 1 is 1.07 bits per heavy atom. The number of anilines is 1. The first-order valence-electron chi connectivity index (χ1n) is 9.39. The fourth-order valence-electron chi connectivity index (χ4n) is 3.12. The van der Waals surface area contributed by atoms with Crippen LogP contribution >= 0.6 is 0 Å². The van der Waals surface area contributed by atoms with Crippen LogP contribution < -0.4 is 9.64 Å². The number of hydrogen-bond donors (Lipinski definition) is 2. The summed E-state index contributed by atoms with van der Waals surface area (Å²) >= 11 is 0. The summed E-state index contributed by atoms with van der Waals surface area (Å²) in [5.74, 6) is 0.882. The van der Waals surface area contributed by atoms with Crippen LogP contribution in [0.25, 0.3) is 0 Å². The van der Waals surface area contributed by atoms with Crippen LogP contribution in [0.5, 0.6) is 11.5 Å². The number of aliphatic hydroxyl groups is 1. The molecular formula is C20H26N3O5S-. The molecule has 8 nitrogen and oxygen atoms in total. The lowest BCUT2D eigenvalue weighted by Crippen LogP contribution is -2.49. The van der Waals surface area contributed by atoms with Gasteiger partial charge in [0, 0.05) is 51.2 Å². The molecule has 0 spiro atoms. The maximum Gasteiger partial charge on any atom is 0.119 e. The van der Waals surface area contributed by atoms with Crippen LogP contribution in [-0.4, -0.2) is 67.7 Å². The number of ether oxygens (including phenoxy) is 1. The number of phenolic OH excluding ortho intramolecular Hbond substituents is 1. The highest BCUT2D eigenvalue weighted by Crippen LogP contribution is 2.20. The molecule has 0 saturated carbocycles. The van der Waals surface area contributed by atoms with E-state index in [4.69, 9.17) is 4.74 Å². The average molecular weight is 421 g/mol. The number of rotatable bonds is 8. The number of β-amino-alcohol motifs (C(OH)–C–C–N with tert-alkyl or cyclic N) is 1. The van der Waals surface area contributed by atoms with Gasteiger partial charge in [-0.2, -0.15) is 0 Å². The van der Waals surface area contributed by atoms with Crippen molar-refractivity contribution in [3.8, 4) is 11.5 Å². The van der Waals surface area contributed by atoms with E-state index in [1.54, 1.807) is 36.4 Å². The van der Waals surface area contributed by atoms with E-state index < -0.39 is 17.0 Å². The van der Waals surface area contributed by atoms with E-state index in [1.807, 2.05) is 12.1 Å². The molecule has 3 rings (SSSR count). The summed E-state index contributed by atoms with van der Waals surface area (Å²) in [6.07, 6.45) is -0.597. The Morgan fingerprint density at radius 3 is 2.34 bits per heavy atom. The van der Waals surface area contributed by atoms with Gasteiger partial charge in [0.25, 0.3) is 0 Å². The second-order valence-corrected chi connectivity index (χ2v) is 7.69. The summed E-state index contributed by atoms with van der Waals surface area (Å²) in [4.78, 5) is 4.48. The second-order valence-electron chi connectivity index (χ2n) is 6.74. The number of aliphatic hydroxyl groups excluding tert-OH is 1. The second kappa shape index (κ2) is 10.4. The number of piperazine rings is 1. The standard InChI is InChI=1S/C20H26N3O5S/c1-27-29(26)21-16-2-8-20(9-3-16)28-15-19(25)14-22-10-12-23(13-11-22)17-4-6-18(24)7-5-17/h2-9,19,24-25H,10-15H2,1H3/q-1. The number of nitrogens with zero attached hydrogens (tertiary/aromatic N) is 3. The minimum absolute atomic E-state index is 0.193. The molecule has 29 heavy (non-hydrogen) atoms. The van der Waals surface area contributed by atoms with Gasteiger partial charge in [-0.1, -0.05) is 10.9 Å². The van der Waals surface area contributed by atoms with Crippen LogP contribution in [0.1, 0.15) is 0 Å². The monoisotopic (exact) mass is 420 g/mol. The van der Waals surface area contributed by atoms with Gasteiger partial charge in [0.2, 0.25) is 0 Å². The number of phenols is 1. The predicted octanol–water partition coefficient (Wildman–Crippen LogP) is 2.29. The van der Waals surface area contributed by atoms with Crippen LogP contribution in [-0.2, 0) is 19.3 Å². The van der Waals surface area contributed by atoms with E-state index in [9.17, 15) is 14.4 Å². The molecule has 1 atom stereocenters. The fraction of sp³-hybridized carbons (Fsp3) is 0.400. The molecule has 2 aromatic carbocycles. The van der Waals surface area contributed by atoms with Crippen molar-refractivity contribution < 1.29 is 23.3 Å². The van der Waals surface area contributed by atoms with Gasteiger partial charge < -0.3 is 32.6 Å². The van der Waals surface area contributed by atoms with Crippen LogP contribution in [0.2, 0.25) is 0 Å². The molecule has 1 heterocycles. The SMILES string of the molecule is CO[S-](=O)=Nc1ccc(OCC(O)CN2CCN(c3ccc(O)cc3)CC2)cc1. The third-order valence-electron chi connectivity index (χ3n) is 4.66. The van der Waals surface area contributed by atoms with E-state index >= 15 is 0 Å². The highest BCUT2D eigenvalue weighted by Gasteiger charge is 2.19. The summed E-state index contributed by atoms with van der Waals surface area (Å²) in [6, 6.07) is 14.0. The fourth-order valence-corrected chi connectivity index (χ4v) is 3.49. The molecular weight excluding hydrogens is 394 g/mol. The third-order valence-corrected chi connectivity index (χ3v) is 5.30. The number of aromatic hydroxyl groups is 1.